The number of hydrogen-bond acceptors (Lipinski definition) is 4. The molecule has 8 aromatic carbocycles. The molecule has 5 aromatic heterocycles. The molecule has 0 bridgehead atoms. The van der Waals surface area contributed by atoms with E-state index in [-0.39, 0.29) is 0 Å². The molecular weight excluding hydrogens is 729 g/mol. The minimum absolute atomic E-state index is 0.682. The summed E-state index contributed by atoms with van der Waals surface area (Å²) in [6.45, 7) is 0. The Bertz CT molecular complexity index is 3800. The maximum absolute atomic E-state index is 6.61. The molecule has 0 fully saturated rings. The molecule has 0 saturated heterocycles. The average Bonchev–Trinajstić information content (AvgIpc) is 4.03. The first kappa shape index (κ1) is 31.6. The van der Waals surface area contributed by atoms with Gasteiger partial charge in [-0.1, -0.05) is 115 Å². The summed E-state index contributed by atoms with van der Waals surface area (Å²) in [6.07, 6.45) is 0. The molecule has 0 aliphatic carbocycles. The van der Waals surface area contributed by atoms with Gasteiger partial charge in [0.05, 0.1) is 38.0 Å². The predicted octanol–water partition coefficient (Wildman–Crippen LogP) is 14.3. The first-order chi connectivity index (χ1) is 28.8. The van der Waals surface area contributed by atoms with Gasteiger partial charge in [0, 0.05) is 64.9 Å². The number of thiophene rings is 1. The number of furan rings is 1. The lowest BCUT2D eigenvalue weighted by atomic mass is 10.0. The van der Waals surface area contributed by atoms with Crippen molar-refractivity contribution < 1.29 is 4.42 Å². The molecule has 58 heavy (non-hydrogen) atoms. The van der Waals surface area contributed by atoms with Crippen molar-refractivity contribution in [2.24, 2.45) is 0 Å². The molecule has 0 atom stereocenters. The number of rotatable bonds is 4. The fraction of sp³-hybridized carbons (Fsp3) is 0. The Hall–Kier alpha value is -7.54. The third-order valence-corrected chi connectivity index (χ3v) is 12.9. The van der Waals surface area contributed by atoms with Crippen LogP contribution in [0, 0.1) is 0 Å². The zero-order chi connectivity index (χ0) is 37.9. The maximum atomic E-state index is 6.61. The summed E-state index contributed by atoms with van der Waals surface area (Å²) >= 11 is 1.75. The second-order valence-corrected chi connectivity index (χ2v) is 16.0. The van der Waals surface area contributed by atoms with Crippen LogP contribution in [0.15, 0.2) is 186 Å². The Morgan fingerprint density at radius 1 is 0.431 bits per heavy atom. The average molecular weight is 759 g/mol. The van der Waals surface area contributed by atoms with Gasteiger partial charge in [-0.2, -0.15) is 0 Å². The van der Waals surface area contributed by atoms with Gasteiger partial charge in [-0.05, 0) is 66.7 Å². The summed E-state index contributed by atoms with van der Waals surface area (Å²) in [4.78, 5) is 10.7. The van der Waals surface area contributed by atoms with Crippen molar-refractivity contribution in [3.63, 3.8) is 0 Å². The van der Waals surface area contributed by atoms with E-state index in [1.54, 1.807) is 11.3 Å². The van der Waals surface area contributed by atoms with Gasteiger partial charge in [-0.3, -0.25) is 0 Å². The molecule has 5 nitrogen and oxygen atoms in total. The van der Waals surface area contributed by atoms with E-state index in [0.29, 0.717) is 5.82 Å². The Morgan fingerprint density at radius 3 is 1.84 bits per heavy atom. The molecule has 13 aromatic rings. The van der Waals surface area contributed by atoms with Crippen LogP contribution in [0.1, 0.15) is 0 Å². The number of aromatic nitrogens is 4. The zero-order valence-corrected chi connectivity index (χ0v) is 31.7. The molecule has 0 saturated carbocycles. The molecule has 0 unspecified atom stereocenters. The topological polar surface area (TPSA) is 48.8 Å². The summed E-state index contributed by atoms with van der Waals surface area (Å²) < 4.78 is 13.7. The first-order valence-corrected chi connectivity index (χ1v) is 20.3. The van der Waals surface area contributed by atoms with Crippen LogP contribution >= 0.6 is 11.3 Å². The quantitative estimate of drug-likeness (QED) is 0.180. The molecule has 0 aliphatic heterocycles. The number of benzene rings is 8. The predicted molar refractivity (Wildman–Crippen MR) is 242 cm³/mol. The highest BCUT2D eigenvalue weighted by Crippen LogP contribution is 2.44. The molecule has 6 heteroatoms. The van der Waals surface area contributed by atoms with Crippen molar-refractivity contribution >= 4 is 97.2 Å². The fourth-order valence-electron chi connectivity index (χ4n) is 9.21. The van der Waals surface area contributed by atoms with E-state index in [2.05, 4.69) is 179 Å². The van der Waals surface area contributed by atoms with Gasteiger partial charge in [-0.25, -0.2) is 9.97 Å². The molecule has 0 amide bonds. The van der Waals surface area contributed by atoms with Crippen LogP contribution in [0.5, 0.6) is 0 Å². The lowest BCUT2D eigenvalue weighted by Crippen LogP contribution is -1.96. The molecule has 0 aliphatic rings. The summed E-state index contributed by atoms with van der Waals surface area (Å²) in [7, 11) is 0. The molecule has 0 N–H and O–H groups in total. The van der Waals surface area contributed by atoms with E-state index in [1.807, 2.05) is 12.1 Å². The van der Waals surface area contributed by atoms with Crippen molar-refractivity contribution in [1.82, 2.24) is 19.1 Å². The highest BCUT2D eigenvalue weighted by atomic mass is 32.1. The Labute approximate surface area is 335 Å². The standard InChI is InChI=1S/C52H30N4OS/c1-3-14-31(15-4-1)49-51-50(36-20-9-12-25-47(36)58-51)54-52(53-49)37-21-13-24-46-48(37)40-28-33(26-27-45(40)57-46)56-42-23-11-8-19-35(42)39-29-38-34-18-7-10-22-41(34)55(43(38)30-44(39)56)32-16-5-2-6-17-32/h1-30H. The summed E-state index contributed by atoms with van der Waals surface area (Å²) in [6, 6.07) is 64.7. The lowest BCUT2D eigenvalue weighted by molar-refractivity contribution is 0.669. The van der Waals surface area contributed by atoms with Gasteiger partial charge in [0.25, 0.3) is 0 Å². The van der Waals surface area contributed by atoms with Crippen molar-refractivity contribution in [2.45, 2.75) is 0 Å². The first-order valence-electron chi connectivity index (χ1n) is 19.5. The Kier molecular flexibility index (Phi) is 6.54. The van der Waals surface area contributed by atoms with E-state index < -0.39 is 0 Å². The van der Waals surface area contributed by atoms with Crippen LogP contribution < -0.4 is 0 Å². The highest BCUT2D eigenvalue weighted by Gasteiger charge is 2.22. The van der Waals surface area contributed by atoms with Gasteiger partial charge >= 0.3 is 0 Å². The number of nitrogens with zero attached hydrogens (tertiary/aromatic N) is 4. The number of fused-ring (bicyclic) bond motifs is 12. The van der Waals surface area contributed by atoms with Crippen LogP contribution in [0.2, 0.25) is 0 Å². The number of hydrogen-bond donors (Lipinski definition) is 0. The van der Waals surface area contributed by atoms with E-state index in [0.717, 1.165) is 76.8 Å². The summed E-state index contributed by atoms with van der Waals surface area (Å²) in [5, 5.41) is 8.08. The minimum Gasteiger partial charge on any atom is -0.456 e. The van der Waals surface area contributed by atoms with Crippen LogP contribution in [-0.4, -0.2) is 19.1 Å². The molecule has 5 heterocycles. The molecule has 0 radical (unpaired) electrons. The number of para-hydroxylation sites is 3. The van der Waals surface area contributed by atoms with Crippen LogP contribution in [0.3, 0.4) is 0 Å². The van der Waals surface area contributed by atoms with Gasteiger partial charge < -0.3 is 13.6 Å². The third kappa shape index (κ3) is 4.46. The molecule has 0 spiro atoms. The lowest BCUT2D eigenvalue weighted by Gasteiger charge is -2.11. The van der Waals surface area contributed by atoms with Gasteiger partial charge in [-0.15, -0.1) is 11.3 Å². The van der Waals surface area contributed by atoms with Crippen LogP contribution in [0.25, 0.3) is 120 Å². The van der Waals surface area contributed by atoms with Crippen LogP contribution in [0.4, 0.5) is 0 Å². The van der Waals surface area contributed by atoms with Crippen molar-refractivity contribution in [3.05, 3.63) is 182 Å². The second kappa shape index (κ2) is 12.0. The van der Waals surface area contributed by atoms with Crippen LogP contribution in [-0.2, 0) is 0 Å². The van der Waals surface area contributed by atoms with Gasteiger partial charge in [0.15, 0.2) is 5.82 Å². The second-order valence-electron chi connectivity index (χ2n) is 14.9. The molecular formula is C52H30N4OS. The minimum atomic E-state index is 0.682. The van der Waals surface area contributed by atoms with Crippen molar-refractivity contribution in [1.29, 1.82) is 0 Å². The summed E-state index contributed by atoms with van der Waals surface area (Å²) in [5.74, 6) is 0.682. The largest absolute Gasteiger partial charge is 0.456 e. The fourth-order valence-corrected chi connectivity index (χ4v) is 10.4. The molecule has 13 rings (SSSR count). The zero-order valence-electron chi connectivity index (χ0n) is 30.9. The normalized spacial score (nSPS) is 12.1. The maximum Gasteiger partial charge on any atom is 0.161 e. The van der Waals surface area contributed by atoms with E-state index >= 15 is 0 Å². The monoisotopic (exact) mass is 758 g/mol. The van der Waals surface area contributed by atoms with E-state index in [1.165, 1.54) is 37.3 Å². The third-order valence-electron chi connectivity index (χ3n) is 11.7. The molecule has 270 valence electrons. The van der Waals surface area contributed by atoms with E-state index in [9.17, 15) is 0 Å². The van der Waals surface area contributed by atoms with Gasteiger partial charge in [0.1, 0.15) is 11.2 Å². The smallest absolute Gasteiger partial charge is 0.161 e. The summed E-state index contributed by atoms with van der Waals surface area (Å²) in [5.41, 5.74) is 12.4. The SMILES string of the molecule is c1ccc(-c2nc(-c3cccc4oc5ccc(-n6c7ccccc7c7cc8c9ccccc9n(-c9ccccc9)c8cc76)cc5c34)nc3c2sc2ccccc23)cc1. The van der Waals surface area contributed by atoms with Gasteiger partial charge in [0.2, 0.25) is 0 Å². The Morgan fingerprint density at radius 2 is 1.09 bits per heavy atom. The Balaban J connectivity index is 1.09. The van der Waals surface area contributed by atoms with Crippen molar-refractivity contribution in [3.8, 4) is 34.0 Å². The highest BCUT2D eigenvalue weighted by molar-refractivity contribution is 7.26. The van der Waals surface area contributed by atoms with Crippen molar-refractivity contribution in [2.75, 3.05) is 0 Å². The van der Waals surface area contributed by atoms with E-state index in [4.69, 9.17) is 14.4 Å².